The highest BCUT2D eigenvalue weighted by atomic mass is 127. The molecule has 0 aliphatic heterocycles. The molecule has 1 aliphatic carbocycles. The number of aromatic nitrogens is 4. The monoisotopic (exact) mass is 420 g/mol. The Morgan fingerprint density at radius 1 is 1.33 bits per heavy atom. The minimum Gasteiger partial charge on any atom is -0.262 e. The second-order valence-corrected chi connectivity index (χ2v) is 6.52. The van der Waals surface area contributed by atoms with Crippen molar-refractivity contribution in [1.82, 2.24) is 19.6 Å². The quantitative estimate of drug-likeness (QED) is 0.714. The standard InChI is InChI=1S/C12H14BrIN4/c1-17-12(14)9(7-15-17)5-8-6-16-18(11(8)13)10-3-2-4-10/h6-7,10H,2-5H2,1H3. The van der Waals surface area contributed by atoms with E-state index < -0.39 is 0 Å². The van der Waals surface area contributed by atoms with Crippen LogP contribution in [0.2, 0.25) is 0 Å². The Labute approximate surface area is 128 Å². The maximum atomic E-state index is 4.51. The zero-order valence-corrected chi connectivity index (χ0v) is 13.8. The largest absolute Gasteiger partial charge is 0.262 e. The predicted octanol–water partition coefficient (Wildman–Crippen LogP) is 3.30. The van der Waals surface area contributed by atoms with Crippen molar-refractivity contribution in [1.29, 1.82) is 0 Å². The molecule has 0 spiro atoms. The summed E-state index contributed by atoms with van der Waals surface area (Å²) in [4.78, 5) is 0. The van der Waals surface area contributed by atoms with E-state index in [1.165, 1.54) is 34.1 Å². The van der Waals surface area contributed by atoms with E-state index in [9.17, 15) is 0 Å². The summed E-state index contributed by atoms with van der Waals surface area (Å²) in [5.41, 5.74) is 2.50. The first kappa shape index (κ1) is 12.7. The summed E-state index contributed by atoms with van der Waals surface area (Å²) >= 11 is 6.02. The molecule has 1 aliphatic rings. The van der Waals surface area contributed by atoms with E-state index in [1.54, 1.807) is 0 Å². The van der Waals surface area contributed by atoms with E-state index in [2.05, 4.69) is 53.4 Å². The lowest BCUT2D eigenvalue weighted by molar-refractivity contribution is 0.285. The molecule has 1 saturated carbocycles. The summed E-state index contributed by atoms with van der Waals surface area (Å²) in [6, 6.07) is 0.598. The molecule has 0 bridgehead atoms. The zero-order valence-electron chi connectivity index (χ0n) is 10.1. The van der Waals surface area contributed by atoms with Crippen molar-refractivity contribution in [3.05, 3.63) is 31.8 Å². The molecule has 6 heteroatoms. The second kappa shape index (κ2) is 4.96. The molecule has 0 N–H and O–H groups in total. The summed E-state index contributed by atoms with van der Waals surface area (Å²) in [5.74, 6) is 0. The van der Waals surface area contributed by atoms with Gasteiger partial charge in [-0.15, -0.1) is 0 Å². The van der Waals surface area contributed by atoms with Crippen molar-refractivity contribution in [3.8, 4) is 0 Å². The molecule has 1 fully saturated rings. The molecule has 18 heavy (non-hydrogen) atoms. The molecule has 2 heterocycles. The highest BCUT2D eigenvalue weighted by Crippen LogP contribution is 2.35. The molecule has 0 amide bonds. The van der Waals surface area contributed by atoms with Gasteiger partial charge in [-0.05, 0) is 57.8 Å². The second-order valence-electron chi connectivity index (χ2n) is 4.75. The summed E-state index contributed by atoms with van der Waals surface area (Å²) in [5, 5.41) is 8.79. The van der Waals surface area contributed by atoms with Gasteiger partial charge in [0.15, 0.2) is 0 Å². The summed E-state index contributed by atoms with van der Waals surface area (Å²) in [7, 11) is 1.97. The third-order valence-corrected chi connectivity index (χ3v) is 5.81. The van der Waals surface area contributed by atoms with Crippen LogP contribution in [0.5, 0.6) is 0 Å². The van der Waals surface area contributed by atoms with Gasteiger partial charge in [0.25, 0.3) is 0 Å². The smallest absolute Gasteiger partial charge is 0.107 e. The van der Waals surface area contributed by atoms with Crippen molar-refractivity contribution >= 4 is 38.5 Å². The van der Waals surface area contributed by atoms with E-state index in [0.29, 0.717) is 6.04 Å². The van der Waals surface area contributed by atoms with Gasteiger partial charge in [0.2, 0.25) is 0 Å². The average molecular weight is 421 g/mol. The molecular weight excluding hydrogens is 407 g/mol. The van der Waals surface area contributed by atoms with Gasteiger partial charge < -0.3 is 0 Å². The molecule has 0 aromatic carbocycles. The van der Waals surface area contributed by atoms with E-state index in [-0.39, 0.29) is 0 Å². The van der Waals surface area contributed by atoms with E-state index >= 15 is 0 Å². The maximum absolute atomic E-state index is 4.51. The van der Waals surface area contributed by atoms with Gasteiger partial charge in [-0.2, -0.15) is 10.2 Å². The fourth-order valence-electron chi connectivity index (χ4n) is 2.18. The highest BCUT2D eigenvalue weighted by Gasteiger charge is 2.23. The van der Waals surface area contributed by atoms with Crippen LogP contribution < -0.4 is 0 Å². The van der Waals surface area contributed by atoms with E-state index in [4.69, 9.17) is 0 Å². The van der Waals surface area contributed by atoms with Gasteiger partial charge >= 0.3 is 0 Å². The van der Waals surface area contributed by atoms with E-state index in [0.717, 1.165) is 11.0 Å². The van der Waals surface area contributed by atoms with Crippen LogP contribution in [0, 0.1) is 3.70 Å². The SMILES string of the molecule is Cn1ncc(Cc2cnn(C3CCC3)c2Br)c1I. The Bertz CT molecular complexity index is 571. The van der Waals surface area contributed by atoms with Gasteiger partial charge in [-0.3, -0.25) is 9.36 Å². The van der Waals surface area contributed by atoms with Crippen LogP contribution in [-0.4, -0.2) is 19.6 Å². The fraction of sp³-hybridized carbons (Fsp3) is 0.500. The van der Waals surface area contributed by atoms with Gasteiger partial charge in [0.05, 0.1) is 18.4 Å². The normalized spacial score (nSPS) is 15.9. The molecule has 96 valence electrons. The summed E-state index contributed by atoms with van der Waals surface area (Å²) in [6.07, 6.45) is 8.64. The third kappa shape index (κ3) is 2.13. The number of rotatable bonds is 3. The van der Waals surface area contributed by atoms with Crippen LogP contribution in [0.15, 0.2) is 17.0 Å². The molecule has 4 nitrogen and oxygen atoms in total. The van der Waals surface area contributed by atoms with Gasteiger partial charge in [0, 0.05) is 24.6 Å². The lowest BCUT2D eigenvalue weighted by Gasteiger charge is -2.26. The van der Waals surface area contributed by atoms with Crippen molar-refractivity contribution in [2.24, 2.45) is 7.05 Å². The van der Waals surface area contributed by atoms with Crippen molar-refractivity contribution in [2.75, 3.05) is 0 Å². The Balaban J connectivity index is 1.84. The number of halogens is 2. The van der Waals surface area contributed by atoms with Crippen LogP contribution in [0.25, 0.3) is 0 Å². The third-order valence-electron chi connectivity index (χ3n) is 3.54. The molecule has 0 saturated heterocycles. The number of hydrogen-bond acceptors (Lipinski definition) is 2. The van der Waals surface area contributed by atoms with Gasteiger partial charge in [-0.1, -0.05) is 0 Å². The predicted molar refractivity (Wildman–Crippen MR) is 81.5 cm³/mol. The maximum Gasteiger partial charge on any atom is 0.107 e. The Kier molecular flexibility index (Phi) is 3.48. The Morgan fingerprint density at radius 3 is 2.61 bits per heavy atom. The van der Waals surface area contributed by atoms with Crippen LogP contribution in [0.4, 0.5) is 0 Å². The summed E-state index contributed by atoms with van der Waals surface area (Å²) in [6.45, 7) is 0. The Hall–Kier alpha value is -0.370. The minimum atomic E-state index is 0.598. The van der Waals surface area contributed by atoms with Crippen molar-refractivity contribution < 1.29 is 0 Å². The fourth-order valence-corrected chi connectivity index (χ4v) is 3.26. The molecule has 0 atom stereocenters. The molecular formula is C12H14BrIN4. The van der Waals surface area contributed by atoms with Crippen molar-refractivity contribution in [3.63, 3.8) is 0 Å². The highest BCUT2D eigenvalue weighted by molar-refractivity contribution is 14.1. The zero-order chi connectivity index (χ0) is 12.7. The topological polar surface area (TPSA) is 35.6 Å². The summed E-state index contributed by atoms with van der Waals surface area (Å²) < 4.78 is 6.35. The molecule has 2 aromatic rings. The van der Waals surface area contributed by atoms with Crippen LogP contribution >= 0.6 is 38.5 Å². The van der Waals surface area contributed by atoms with Gasteiger partial charge in [0.1, 0.15) is 8.30 Å². The number of hydrogen-bond donors (Lipinski definition) is 0. The van der Waals surface area contributed by atoms with Crippen LogP contribution in [0.1, 0.15) is 36.4 Å². The lowest BCUT2D eigenvalue weighted by atomic mass is 9.93. The van der Waals surface area contributed by atoms with E-state index in [1.807, 2.05) is 24.1 Å². The lowest BCUT2D eigenvalue weighted by Crippen LogP contribution is -2.18. The number of nitrogens with zero attached hydrogens (tertiary/aromatic N) is 4. The molecule has 0 unspecified atom stereocenters. The number of aryl methyl sites for hydroxylation is 1. The molecule has 3 rings (SSSR count). The molecule has 2 aromatic heterocycles. The average Bonchev–Trinajstić information content (AvgIpc) is 2.78. The first-order valence-corrected chi connectivity index (χ1v) is 7.92. The first-order chi connectivity index (χ1) is 8.66. The minimum absolute atomic E-state index is 0.598. The first-order valence-electron chi connectivity index (χ1n) is 6.05. The van der Waals surface area contributed by atoms with Gasteiger partial charge in [-0.25, -0.2) is 0 Å². The Morgan fingerprint density at radius 2 is 2.06 bits per heavy atom. The van der Waals surface area contributed by atoms with Crippen molar-refractivity contribution in [2.45, 2.75) is 31.7 Å². The molecule has 0 radical (unpaired) electrons. The van der Waals surface area contributed by atoms with Crippen LogP contribution in [0.3, 0.4) is 0 Å². The van der Waals surface area contributed by atoms with Crippen LogP contribution in [-0.2, 0) is 13.5 Å².